The smallest absolute Gasteiger partial charge is 0.350 e. The third-order valence-electron chi connectivity index (χ3n) is 2.72. The van der Waals surface area contributed by atoms with Gasteiger partial charge in [-0.1, -0.05) is 17.7 Å². The van der Waals surface area contributed by atoms with Crippen molar-refractivity contribution < 1.29 is 13.9 Å². The molecule has 110 valence electrons. The number of carbonyl (C=O) groups excluding carboxylic acids is 1. The molecular formula is C14H12ClFN2O2S. The molecular weight excluding hydrogens is 315 g/mol. The van der Waals surface area contributed by atoms with Crippen molar-refractivity contribution in [1.29, 1.82) is 0 Å². The lowest BCUT2D eigenvalue weighted by Crippen LogP contribution is -2.03. The zero-order chi connectivity index (χ0) is 15.4. The Morgan fingerprint density at radius 2 is 2.29 bits per heavy atom. The van der Waals surface area contributed by atoms with Gasteiger partial charge in [0, 0.05) is 5.56 Å². The van der Waals surface area contributed by atoms with Gasteiger partial charge in [-0.15, -0.1) is 11.3 Å². The van der Waals surface area contributed by atoms with Gasteiger partial charge >= 0.3 is 5.97 Å². The van der Waals surface area contributed by atoms with E-state index in [9.17, 15) is 9.18 Å². The highest BCUT2D eigenvalue weighted by molar-refractivity contribution is 7.12. The van der Waals surface area contributed by atoms with Gasteiger partial charge in [0.2, 0.25) is 0 Å². The summed E-state index contributed by atoms with van der Waals surface area (Å²) in [7, 11) is 1.31. The van der Waals surface area contributed by atoms with Gasteiger partial charge in [-0.3, -0.25) is 5.43 Å². The van der Waals surface area contributed by atoms with Crippen molar-refractivity contribution in [1.82, 2.24) is 0 Å². The lowest BCUT2D eigenvalue weighted by Gasteiger charge is -2.04. The van der Waals surface area contributed by atoms with Gasteiger partial charge in [0.05, 0.1) is 24.0 Å². The number of benzene rings is 1. The summed E-state index contributed by atoms with van der Waals surface area (Å²) in [5.41, 5.74) is 4.30. The van der Waals surface area contributed by atoms with E-state index in [2.05, 4.69) is 10.5 Å². The minimum absolute atomic E-state index is 0.180. The Balaban J connectivity index is 2.22. The number of nitrogens with zero attached hydrogens (tertiary/aromatic N) is 1. The average molecular weight is 327 g/mol. The molecule has 0 fully saturated rings. The SMILES string of the molecule is COC(=O)c1scc(C)c1NN=Cc1c(F)cccc1Cl. The van der Waals surface area contributed by atoms with E-state index in [1.54, 1.807) is 11.4 Å². The summed E-state index contributed by atoms with van der Waals surface area (Å²) < 4.78 is 18.3. The molecule has 21 heavy (non-hydrogen) atoms. The third-order valence-corrected chi connectivity index (χ3v) is 4.12. The first-order valence-electron chi connectivity index (χ1n) is 5.94. The minimum Gasteiger partial charge on any atom is -0.465 e. The molecule has 0 bridgehead atoms. The summed E-state index contributed by atoms with van der Waals surface area (Å²) in [4.78, 5) is 12.0. The molecule has 0 amide bonds. The Bertz CT molecular complexity index is 680. The van der Waals surface area contributed by atoms with Gasteiger partial charge in [-0.2, -0.15) is 5.10 Å². The van der Waals surface area contributed by atoms with Gasteiger partial charge in [0.15, 0.2) is 0 Å². The maximum absolute atomic E-state index is 13.6. The molecule has 4 nitrogen and oxygen atoms in total. The molecule has 0 aliphatic heterocycles. The molecule has 7 heteroatoms. The van der Waals surface area contributed by atoms with E-state index in [1.165, 1.54) is 36.8 Å². The number of anilines is 1. The molecule has 0 aliphatic carbocycles. The zero-order valence-corrected chi connectivity index (χ0v) is 12.9. The highest BCUT2D eigenvalue weighted by Crippen LogP contribution is 2.28. The third kappa shape index (κ3) is 3.40. The fourth-order valence-corrected chi connectivity index (χ4v) is 2.75. The van der Waals surface area contributed by atoms with Crippen LogP contribution in [0.2, 0.25) is 5.02 Å². The number of hydrogen-bond donors (Lipinski definition) is 1. The van der Waals surface area contributed by atoms with Crippen molar-refractivity contribution in [2.24, 2.45) is 5.10 Å². The fraction of sp³-hybridized carbons (Fsp3) is 0.143. The minimum atomic E-state index is -0.469. The van der Waals surface area contributed by atoms with Gasteiger partial charge < -0.3 is 4.74 Å². The molecule has 0 unspecified atom stereocenters. The molecule has 2 rings (SSSR count). The Kier molecular flexibility index (Phi) is 4.93. The molecule has 0 atom stereocenters. The van der Waals surface area contributed by atoms with Crippen LogP contribution in [0.1, 0.15) is 20.8 Å². The van der Waals surface area contributed by atoms with Gasteiger partial charge in [-0.25, -0.2) is 9.18 Å². The van der Waals surface area contributed by atoms with Crippen molar-refractivity contribution in [3.63, 3.8) is 0 Å². The summed E-state index contributed by atoms with van der Waals surface area (Å²) in [6, 6.07) is 4.38. The molecule has 1 aromatic heterocycles. The summed E-state index contributed by atoms with van der Waals surface area (Å²) in [6.07, 6.45) is 1.27. The van der Waals surface area contributed by atoms with Crippen LogP contribution in [0.5, 0.6) is 0 Å². The topological polar surface area (TPSA) is 50.7 Å². The van der Waals surface area contributed by atoms with Crippen molar-refractivity contribution >= 4 is 40.8 Å². The predicted octanol–water partition coefficient (Wildman–Crippen LogP) is 4.08. The lowest BCUT2D eigenvalue weighted by molar-refractivity contribution is 0.0607. The number of aryl methyl sites for hydroxylation is 1. The maximum Gasteiger partial charge on any atom is 0.350 e. The van der Waals surface area contributed by atoms with E-state index >= 15 is 0 Å². The number of carbonyl (C=O) groups is 1. The van der Waals surface area contributed by atoms with Gasteiger partial charge in [-0.05, 0) is 30.0 Å². The van der Waals surface area contributed by atoms with E-state index in [1.807, 2.05) is 6.92 Å². The summed E-state index contributed by atoms with van der Waals surface area (Å²) in [6.45, 7) is 1.83. The Labute approximate surface area is 130 Å². The molecule has 0 aliphatic rings. The van der Waals surface area contributed by atoms with E-state index in [0.29, 0.717) is 10.6 Å². The summed E-state index contributed by atoms with van der Waals surface area (Å²) >= 11 is 7.14. The van der Waals surface area contributed by atoms with Gasteiger partial charge in [0.1, 0.15) is 10.7 Å². The van der Waals surface area contributed by atoms with Crippen LogP contribution in [0.15, 0.2) is 28.7 Å². The number of ether oxygens (including phenoxy) is 1. The Morgan fingerprint density at radius 3 is 2.95 bits per heavy atom. The number of nitrogens with one attached hydrogen (secondary N) is 1. The van der Waals surface area contributed by atoms with Crippen LogP contribution in [-0.4, -0.2) is 19.3 Å². The quantitative estimate of drug-likeness (QED) is 0.523. The molecule has 0 saturated heterocycles. The Morgan fingerprint density at radius 1 is 1.52 bits per heavy atom. The van der Waals surface area contributed by atoms with E-state index in [4.69, 9.17) is 16.3 Å². The van der Waals surface area contributed by atoms with Crippen molar-refractivity contribution in [2.45, 2.75) is 6.92 Å². The van der Waals surface area contributed by atoms with Crippen LogP contribution in [0.4, 0.5) is 10.1 Å². The molecule has 0 spiro atoms. The largest absolute Gasteiger partial charge is 0.465 e. The number of thiophene rings is 1. The Hall–Kier alpha value is -1.92. The summed E-state index contributed by atoms with van der Waals surface area (Å²) in [5, 5.41) is 6.01. The second-order valence-corrected chi connectivity index (χ2v) is 5.41. The monoisotopic (exact) mass is 326 g/mol. The zero-order valence-electron chi connectivity index (χ0n) is 11.3. The number of rotatable bonds is 4. The number of methoxy groups -OCH3 is 1. The molecule has 1 heterocycles. The highest BCUT2D eigenvalue weighted by atomic mass is 35.5. The van der Waals surface area contributed by atoms with Gasteiger partial charge in [0.25, 0.3) is 0 Å². The number of esters is 1. The van der Waals surface area contributed by atoms with Crippen LogP contribution in [-0.2, 0) is 4.74 Å². The average Bonchev–Trinajstić information content (AvgIpc) is 2.82. The van der Waals surface area contributed by atoms with Crippen LogP contribution in [0.3, 0.4) is 0 Å². The van der Waals surface area contributed by atoms with E-state index < -0.39 is 11.8 Å². The van der Waals surface area contributed by atoms with Crippen molar-refractivity contribution in [3.05, 3.63) is 50.4 Å². The van der Waals surface area contributed by atoms with E-state index in [0.717, 1.165) is 5.56 Å². The number of hydrogen-bond acceptors (Lipinski definition) is 5. The molecule has 0 saturated carbocycles. The molecule has 1 N–H and O–H groups in total. The predicted molar refractivity (Wildman–Crippen MR) is 83.0 cm³/mol. The second-order valence-electron chi connectivity index (χ2n) is 4.12. The van der Waals surface area contributed by atoms with Crippen LogP contribution in [0.25, 0.3) is 0 Å². The lowest BCUT2D eigenvalue weighted by atomic mass is 10.2. The fourth-order valence-electron chi connectivity index (χ4n) is 1.62. The van der Waals surface area contributed by atoms with Crippen LogP contribution in [0, 0.1) is 12.7 Å². The number of halogens is 2. The first kappa shape index (κ1) is 15.5. The van der Waals surface area contributed by atoms with Crippen LogP contribution >= 0.6 is 22.9 Å². The first-order valence-corrected chi connectivity index (χ1v) is 7.20. The molecule has 1 aromatic carbocycles. The molecule has 2 aromatic rings. The normalized spacial score (nSPS) is 10.9. The van der Waals surface area contributed by atoms with Crippen LogP contribution < -0.4 is 5.43 Å². The second kappa shape index (κ2) is 6.69. The van der Waals surface area contributed by atoms with Crippen molar-refractivity contribution in [2.75, 3.05) is 12.5 Å². The first-order chi connectivity index (χ1) is 10.0. The molecule has 0 radical (unpaired) electrons. The standard InChI is InChI=1S/C14H12ClFN2O2S/c1-8-7-21-13(14(19)20-2)12(8)18-17-6-9-10(15)4-3-5-11(9)16/h3-7,18H,1-2H3. The maximum atomic E-state index is 13.6. The highest BCUT2D eigenvalue weighted by Gasteiger charge is 2.16. The summed E-state index contributed by atoms with van der Waals surface area (Å²) in [5.74, 6) is -0.919. The number of hydrazone groups is 1. The van der Waals surface area contributed by atoms with Crippen molar-refractivity contribution in [3.8, 4) is 0 Å². The van der Waals surface area contributed by atoms with E-state index in [-0.39, 0.29) is 10.6 Å².